The molecule has 1 aromatic heterocycles. The van der Waals surface area contributed by atoms with Crippen LogP contribution in [0.3, 0.4) is 0 Å². The van der Waals surface area contributed by atoms with E-state index in [2.05, 4.69) is 17.6 Å². The highest BCUT2D eigenvalue weighted by Gasteiger charge is 2.10. The second-order valence-corrected chi connectivity index (χ2v) is 5.12. The number of carbonyl (C=O) groups is 2. The van der Waals surface area contributed by atoms with Crippen LogP contribution >= 0.6 is 0 Å². The summed E-state index contributed by atoms with van der Waals surface area (Å²) in [6.07, 6.45) is 6.83. The lowest BCUT2D eigenvalue weighted by atomic mass is 9.94. The summed E-state index contributed by atoms with van der Waals surface area (Å²) in [5, 5.41) is 14.2. The van der Waals surface area contributed by atoms with Gasteiger partial charge in [0.15, 0.2) is 0 Å². The van der Waals surface area contributed by atoms with E-state index < -0.39 is 5.97 Å². The van der Waals surface area contributed by atoms with Gasteiger partial charge in [-0.1, -0.05) is 19.8 Å². The monoisotopic (exact) mass is 296 g/mol. The molecule has 0 aliphatic rings. The topological polar surface area (TPSA) is 91.6 Å². The van der Waals surface area contributed by atoms with Crippen LogP contribution in [0.4, 0.5) is 4.79 Å². The van der Waals surface area contributed by atoms with Crippen molar-refractivity contribution in [1.82, 2.24) is 10.6 Å². The molecular formula is C15H24N2O4. The fourth-order valence-electron chi connectivity index (χ4n) is 2.20. The van der Waals surface area contributed by atoms with Gasteiger partial charge in [-0.3, -0.25) is 4.79 Å². The number of amides is 2. The van der Waals surface area contributed by atoms with Crippen molar-refractivity contribution in [3.05, 3.63) is 24.2 Å². The number of carbonyl (C=O) groups excluding carboxylic acids is 1. The molecule has 3 N–H and O–H groups in total. The standard InChI is InChI=1S/C15H24N2O4/c1-2-3-12(4-5-14(18)19)6-8-16-15(20)17-10-13-7-9-21-11-13/h7,9,11-12H,2-6,8,10H2,1H3,(H,18,19)(H2,16,17,20). The second kappa shape index (κ2) is 9.85. The molecule has 21 heavy (non-hydrogen) atoms. The van der Waals surface area contributed by atoms with E-state index in [-0.39, 0.29) is 12.5 Å². The highest BCUT2D eigenvalue weighted by atomic mass is 16.4. The molecule has 0 saturated heterocycles. The Balaban J connectivity index is 2.16. The number of nitrogens with one attached hydrogen (secondary N) is 2. The number of carboxylic acids is 1. The van der Waals surface area contributed by atoms with Crippen LogP contribution in [0.5, 0.6) is 0 Å². The Morgan fingerprint density at radius 2 is 2.10 bits per heavy atom. The molecule has 6 nitrogen and oxygen atoms in total. The van der Waals surface area contributed by atoms with Crippen molar-refractivity contribution in [3.63, 3.8) is 0 Å². The van der Waals surface area contributed by atoms with Crippen LogP contribution in [0.2, 0.25) is 0 Å². The van der Waals surface area contributed by atoms with Crippen molar-refractivity contribution in [2.24, 2.45) is 5.92 Å². The summed E-state index contributed by atoms with van der Waals surface area (Å²) in [5.41, 5.74) is 0.912. The van der Waals surface area contributed by atoms with Crippen molar-refractivity contribution in [3.8, 4) is 0 Å². The molecule has 1 aromatic rings. The lowest BCUT2D eigenvalue weighted by Crippen LogP contribution is -2.36. The van der Waals surface area contributed by atoms with Crippen LogP contribution in [0.15, 0.2) is 23.0 Å². The molecule has 0 saturated carbocycles. The Morgan fingerprint density at radius 1 is 1.29 bits per heavy atom. The van der Waals surface area contributed by atoms with E-state index in [1.165, 1.54) is 0 Å². The minimum atomic E-state index is -0.762. The maximum atomic E-state index is 11.6. The average Bonchev–Trinajstić information content (AvgIpc) is 2.95. The molecule has 0 aliphatic heterocycles. The molecule has 0 spiro atoms. The van der Waals surface area contributed by atoms with Gasteiger partial charge in [0.25, 0.3) is 0 Å². The van der Waals surface area contributed by atoms with Crippen LogP contribution in [0, 0.1) is 5.92 Å². The molecule has 6 heteroatoms. The predicted octanol–water partition coefficient (Wildman–Crippen LogP) is 2.75. The van der Waals surface area contributed by atoms with E-state index >= 15 is 0 Å². The third-order valence-electron chi connectivity index (χ3n) is 3.33. The van der Waals surface area contributed by atoms with Gasteiger partial charge in [0.2, 0.25) is 0 Å². The highest BCUT2D eigenvalue weighted by Crippen LogP contribution is 2.17. The molecule has 1 atom stereocenters. The minimum absolute atomic E-state index is 0.192. The molecule has 0 fully saturated rings. The zero-order valence-electron chi connectivity index (χ0n) is 12.4. The van der Waals surface area contributed by atoms with Crippen molar-refractivity contribution < 1.29 is 19.1 Å². The number of carboxylic acid groups (broad SMARTS) is 1. The van der Waals surface area contributed by atoms with Gasteiger partial charge in [-0.25, -0.2) is 4.79 Å². The van der Waals surface area contributed by atoms with Crippen LogP contribution in [0.25, 0.3) is 0 Å². The lowest BCUT2D eigenvalue weighted by Gasteiger charge is -2.15. The molecule has 1 heterocycles. The Morgan fingerprint density at radius 3 is 2.71 bits per heavy atom. The third kappa shape index (κ3) is 8.02. The average molecular weight is 296 g/mol. The predicted molar refractivity (Wildman–Crippen MR) is 78.8 cm³/mol. The summed E-state index contributed by atoms with van der Waals surface area (Å²) in [6, 6.07) is 1.58. The Kier molecular flexibility index (Phi) is 8.01. The summed E-state index contributed by atoms with van der Waals surface area (Å²) in [5.74, 6) is -0.415. The van der Waals surface area contributed by atoms with Gasteiger partial charge in [0.05, 0.1) is 12.5 Å². The van der Waals surface area contributed by atoms with E-state index in [1.54, 1.807) is 18.6 Å². The minimum Gasteiger partial charge on any atom is -0.481 e. The highest BCUT2D eigenvalue weighted by molar-refractivity contribution is 5.73. The first-order chi connectivity index (χ1) is 10.1. The molecule has 0 bridgehead atoms. The first-order valence-corrected chi connectivity index (χ1v) is 7.36. The zero-order valence-corrected chi connectivity index (χ0v) is 12.4. The third-order valence-corrected chi connectivity index (χ3v) is 3.33. The smallest absolute Gasteiger partial charge is 0.315 e. The molecule has 0 radical (unpaired) electrons. The molecule has 118 valence electrons. The summed E-state index contributed by atoms with van der Waals surface area (Å²) >= 11 is 0. The van der Waals surface area contributed by atoms with E-state index in [0.717, 1.165) is 24.8 Å². The van der Waals surface area contributed by atoms with E-state index in [1.807, 2.05) is 0 Å². The van der Waals surface area contributed by atoms with E-state index in [0.29, 0.717) is 25.4 Å². The normalized spacial score (nSPS) is 11.9. The van der Waals surface area contributed by atoms with Gasteiger partial charge in [0, 0.05) is 25.1 Å². The first-order valence-electron chi connectivity index (χ1n) is 7.36. The summed E-state index contributed by atoms with van der Waals surface area (Å²) in [4.78, 5) is 22.2. The zero-order chi connectivity index (χ0) is 15.5. The van der Waals surface area contributed by atoms with E-state index in [4.69, 9.17) is 9.52 Å². The number of urea groups is 1. The van der Waals surface area contributed by atoms with Gasteiger partial charge >= 0.3 is 12.0 Å². The Hall–Kier alpha value is -1.98. The summed E-state index contributed by atoms with van der Waals surface area (Å²) < 4.78 is 4.91. The van der Waals surface area contributed by atoms with Crippen molar-refractivity contribution in [1.29, 1.82) is 0 Å². The number of furan rings is 1. The quantitative estimate of drug-likeness (QED) is 0.619. The largest absolute Gasteiger partial charge is 0.481 e. The Labute approximate surface area is 124 Å². The molecular weight excluding hydrogens is 272 g/mol. The summed E-state index contributed by atoms with van der Waals surface area (Å²) in [7, 11) is 0. The molecule has 2 amide bonds. The molecule has 0 aliphatic carbocycles. The van der Waals surface area contributed by atoms with Crippen LogP contribution in [-0.4, -0.2) is 23.7 Å². The van der Waals surface area contributed by atoms with Gasteiger partial charge in [-0.05, 0) is 24.8 Å². The van der Waals surface area contributed by atoms with Crippen LogP contribution in [0.1, 0.15) is 44.6 Å². The van der Waals surface area contributed by atoms with Gasteiger partial charge < -0.3 is 20.2 Å². The maximum Gasteiger partial charge on any atom is 0.315 e. The summed E-state index contributed by atoms with van der Waals surface area (Å²) in [6.45, 7) is 3.07. The Bertz CT molecular complexity index is 417. The van der Waals surface area contributed by atoms with E-state index in [9.17, 15) is 9.59 Å². The van der Waals surface area contributed by atoms with Gasteiger partial charge in [0.1, 0.15) is 0 Å². The van der Waals surface area contributed by atoms with Crippen molar-refractivity contribution in [2.75, 3.05) is 6.54 Å². The van der Waals surface area contributed by atoms with Crippen LogP contribution in [-0.2, 0) is 11.3 Å². The maximum absolute atomic E-state index is 11.6. The number of hydrogen-bond donors (Lipinski definition) is 3. The lowest BCUT2D eigenvalue weighted by molar-refractivity contribution is -0.137. The molecule has 1 unspecified atom stereocenters. The number of hydrogen-bond acceptors (Lipinski definition) is 3. The van der Waals surface area contributed by atoms with Crippen molar-refractivity contribution >= 4 is 12.0 Å². The SMILES string of the molecule is CCCC(CCNC(=O)NCc1ccoc1)CCC(=O)O. The number of rotatable bonds is 10. The first kappa shape index (κ1) is 17.1. The molecule has 1 rings (SSSR count). The van der Waals surface area contributed by atoms with Crippen molar-refractivity contribution in [2.45, 2.75) is 45.6 Å². The fourth-order valence-corrected chi connectivity index (χ4v) is 2.20. The molecule has 0 aromatic carbocycles. The second-order valence-electron chi connectivity index (χ2n) is 5.12. The number of aliphatic carboxylic acids is 1. The van der Waals surface area contributed by atoms with Crippen LogP contribution < -0.4 is 10.6 Å². The van der Waals surface area contributed by atoms with Gasteiger partial charge in [-0.2, -0.15) is 0 Å². The van der Waals surface area contributed by atoms with Gasteiger partial charge in [-0.15, -0.1) is 0 Å². The fraction of sp³-hybridized carbons (Fsp3) is 0.600.